The smallest absolute Gasteiger partial charge is 0.407 e. The summed E-state index contributed by atoms with van der Waals surface area (Å²) in [6.07, 6.45) is 5.58. The molecule has 0 radical (unpaired) electrons. The summed E-state index contributed by atoms with van der Waals surface area (Å²) in [5, 5.41) is 31.2. The van der Waals surface area contributed by atoms with E-state index in [1.54, 1.807) is 56.1 Å². The van der Waals surface area contributed by atoms with E-state index >= 15 is 0 Å². The summed E-state index contributed by atoms with van der Waals surface area (Å²) < 4.78 is 95.2. The predicted octanol–water partition coefficient (Wildman–Crippen LogP) is 5.66. The van der Waals surface area contributed by atoms with Gasteiger partial charge in [0, 0.05) is 108 Å². The third-order valence-corrected chi connectivity index (χ3v) is 24.5. The van der Waals surface area contributed by atoms with Crippen LogP contribution in [0.5, 0.6) is 0 Å². The van der Waals surface area contributed by atoms with Crippen molar-refractivity contribution in [3.05, 3.63) is 66.0 Å². The van der Waals surface area contributed by atoms with Gasteiger partial charge in [-0.1, -0.05) is 51.3 Å². The number of hydroxylamine groups is 2. The first-order valence-electron chi connectivity index (χ1n) is 42.7. The Morgan fingerprint density at radius 2 is 1.39 bits per heavy atom. The lowest BCUT2D eigenvalue weighted by Gasteiger charge is -2.47. The van der Waals surface area contributed by atoms with E-state index in [2.05, 4.69) is 51.7 Å². The first-order chi connectivity index (χ1) is 57.4. The Balaban J connectivity index is 0.534. The Morgan fingerprint density at radius 3 is 2.13 bits per heavy atom. The molecule has 7 amide bonds. The molecule has 7 N–H and O–H groups in total. The average Bonchev–Trinajstić information content (AvgIpc) is 1.55. The summed E-state index contributed by atoms with van der Waals surface area (Å²) in [5.74, 6) is -4.71. The number of rotatable bonds is 42. The third kappa shape index (κ3) is 25.7. The number of nitrogens with one attached hydrogen (secondary N) is 4. The van der Waals surface area contributed by atoms with Crippen LogP contribution in [0.1, 0.15) is 167 Å². The molecule has 2 aromatic rings. The fourth-order valence-electron chi connectivity index (χ4n) is 18.3. The number of methoxy groups -OCH3 is 1. The number of carbonyl (C=O) groups is 9. The van der Waals surface area contributed by atoms with Gasteiger partial charge >= 0.3 is 18.1 Å². The molecule has 1 aliphatic carbocycles. The summed E-state index contributed by atoms with van der Waals surface area (Å²) in [6, 6.07) is 4.96. The molecule has 119 heavy (non-hydrogen) atoms. The molecule has 11 fully saturated rings. The highest BCUT2D eigenvalue weighted by molar-refractivity contribution is 6.01. The Morgan fingerprint density at radius 1 is 0.706 bits per heavy atom. The number of alkyl carbamates (subject to hydrolysis) is 1. The normalized spacial score (nSPS) is 30.5. The summed E-state index contributed by atoms with van der Waals surface area (Å²) in [4.78, 5) is 120. The summed E-state index contributed by atoms with van der Waals surface area (Å²) in [6.45, 7) is 17.9. The number of nitrogens with zero attached hydrogens (tertiary/aromatic N) is 4. The molecule has 35 nitrogen and oxygen atoms in total. The van der Waals surface area contributed by atoms with Gasteiger partial charge in [0.15, 0.2) is 11.6 Å². The minimum atomic E-state index is -1.10. The van der Waals surface area contributed by atoms with Crippen LogP contribution < -0.4 is 27.0 Å². The van der Waals surface area contributed by atoms with Crippen molar-refractivity contribution in [1.29, 1.82) is 0 Å². The fourth-order valence-corrected chi connectivity index (χ4v) is 18.3. The number of hydrogen-bond donors (Lipinski definition) is 6. The standard InChI is InChI=1S/C84H123N9O26/c1-49(2)75(89-71(97)20-25-105-28-31-108-33-30-107-27-24-92-46-57(90-91-92)48-110-35-34-109-32-29-106-26-21-74(100)119-93-72(98)17-18-73(93)99)65(96)39-55(8-7-23-86-82(85)102)81(101)88-56-12-9-53(10-13-56)47-111-83(103)87-45-59(95)42-69-77(104-6)63-41-58(94)40-61-14-11-54-38-64-78-70-44-84(117-78,118-80(76(54)114-61)79(64)116-70)22-19-62-37-51(4)66(112-62)16-15-60-36-50(3)52(5)67(113-60)43-68(63)115-69/h9-10,12-13,46,49-50,54-55,59-64,66-70,75-80,95H,4-5,7-8,11,14-45,47-48H2,1-3,6H3,(H,87,103)(H,88,101)(H,89,97)(H3,85,86,102)/t50-,54-,55-,59+,60+,61-,62+,63+,64?,66+,67-,68+,69-,70-,75+,76+,77-,78-,79-,80+,84+/m1/s1. The lowest BCUT2D eigenvalue weighted by Crippen LogP contribution is -2.56. The molecular formula is C84H123N9O26. The molecule has 13 rings (SSSR count). The average molecular weight is 1670 g/mol. The number of aliphatic hydroxyl groups is 1. The summed E-state index contributed by atoms with van der Waals surface area (Å²) in [7, 11) is 1.60. The van der Waals surface area contributed by atoms with Gasteiger partial charge in [-0.05, 0) is 111 Å². The topological polar surface area (TPSA) is 430 Å². The number of imide groups is 1. The van der Waals surface area contributed by atoms with E-state index < -0.39 is 89.8 Å². The van der Waals surface area contributed by atoms with E-state index in [-0.39, 0.29) is 220 Å². The largest absolute Gasteiger partial charge is 0.445 e. The van der Waals surface area contributed by atoms with E-state index in [0.717, 1.165) is 62.5 Å². The number of ketones is 2. The Kier molecular flexibility index (Phi) is 33.7. The number of urea groups is 1. The maximum Gasteiger partial charge on any atom is 0.407 e. The van der Waals surface area contributed by atoms with Crippen molar-refractivity contribution in [2.45, 2.75) is 273 Å². The molecule has 1 aromatic carbocycles. The van der Waals surface area contributed by atoms with Gasteiger partial charge in [0.1, 0.15) is 24.2 Å². The number of primary amides is 1. The second kappa shape index (κ2) is 44.1. The first kappa shape index (κ1) is 90.9. The number of amides is 7. The number of Topliss-reactive ketones (excluding diaryl/α,β-unsaturated/α-hetero) is 2. The van der Waals surface area contributed by atoms with Crippen LogP contribution in [0.4, 0.5) is 15.3 Å². The molecule has 1 saturated carbocycles. The number of carbonyl (C=O) groups excluding carboxylic acids is 9. The maximum absolute atomic E-state index is 14.6. The van der Waals surface area contributed by atoms with Crippen molar-refractivity contribution in [2.24, 2.45) is 41.2 Å². The quantitative estimate of drug-likeness (QED) is 0.0265. The Labute approximate surface area is 694 Å². The molecule has 660 valence electrons. The lowest BCUT2D eigenvalue weighted by atomic mass is 9.70. The zero-order valence-electron chi connectivity index (χ0n) is 69.1. The minimum absolute atomic E-state index is 0.000378. The van der Waals surface area contributed by atoms with E-state index in [1.165, 1.54) is 0 Å². The number of anilines is 1. The monoisotopic (exact) mass is 1670 g/mol. The lowest BCUT2D eigenvalue weighted by molar-refractivity contribution is -0.281. The van der Waals surface area contributed by atoms with Crippen molar-refractivity contribution >= 4 is 59.0 Å². The zero-order chi connectivity index (χ0) is 84.1. The number of ether oxygens (including phenoxy) is 15. The van der Waals surface area contributed by atoms with Gasteiger partial charge in [0.05, 0.1) is 184 Å². The van der Waals surface area contributed by atoms with E-state index in [1.807, 2.05) is 0 Å². The molecular weight excluding hydrogens is 1550 g/mol. The highest BCUT2D eigenvalue weighted by Gasteiger charge is 2.68. The second-order valence-corrected chi connectivity index (χ2v) is 33.6. The molecule has 1 aromatic heterocycles. The number of benzene rings is 1. The SMILES string of the molecule is C=C1C[C@@H]2CC[C@@]34C[C@H]5O[C@@H]6C(C[C@H]7CC[C@H](CC(=O)C[C@@H]8[C@@H](OC)[C@@H](C[C@H](O)CNC(=O)OCc9ccc(NC(=O)[C@H](CCCNC(N)=O)CC(=O)[C@@H](NC(=O)CCOCCOCCOCCn%10cc(COCCOCCOCCC(=O)ON%11C(=O)CCC%11=O)nn%10)C(C)C)cc9)O[C@H]8C[C@H]8O[C@@H](CC[C@@H]1O2)C[C@@H](C)C8=C)O[C@@H]7[C@@H]6O3)[C@H]5O4. The van der Waals surface area contributed by atoms with Gasteiger partial charge < -0.3 is 108 Å². The molecule has 10 aliphatic heterocycles. The third-order valence-electron chi connectivity index (χ3n) is 24.5. The van der Waals surface area contributed by atoms with E-state index in [4.69, 9.17) is 81.6 Å². The van der Waals surface area contributed by atoms with Gasteiger partial charge in [-0.3, -0.25) is 28.8 Å². The predicted molar refractivity (Wildman–Crippen MR) is 420 cm³/mol. The Hall–Kier alpha value is -7.33. The number of fused-ring (bicyclic) bond motifs is 6. The molecule has 11 heterocycles. The van der Waals surface area contributed by atoms with Crippen LogP contribution in [0, 0.1) is 35.5 Å². The van der Waals surface area contributed by atoms with Crippen LogP contribution >= 0.6 is 0 Å². The highest BCUT2D eigenvalue weighted by Crippen LogP contribution is 2.58. The first-order valence-corrected chi connectivity index (χ1v) is 42.7. The number of nitrogens with two attached hydrogens (primary N) is 1. The van der Waals surface area contributed by atoms with Crippen molar-refractivity contribution < 1.29 is 124 Å². The van der Waals surface area contributed by atoms with E-state index in [0.29, 0.717) is 87.3 Å². The highest BCUT2D eigenvalue weighted by atomic mass is 16.8. The molecule has 1 unspecified atom stereocenters. The molecule has 35 heteroatoms. The number of aliphatic hydroxyl groups excluding tert-OH is 1. The molecule has 21 atom stereocenters. The molecule has 1 spiro atoms. The van der Waals surface area contributed by atoms with Crippen LogP contribution in [0.15, 0.2) is 54.8 Å². The van der Waals surface area contributed by atoms with Gasteiger partial charge in [-0.2, -0.15) is 0 Å². The molecule has 10 saturated heterocycles. The van der Waals surface area contributed by atoms with Crippen LogP contribution in [0.25, 0.3) is 0 Å². The maximum atomic E-state index is 14.6. The number of aromatic nitrogens is 3. The van der Waals surface area contributed by atoms with E-state index in [9.17, 15) is 48.3 Å². The van der Waals surface area contributed by atoms with Gasteiger partial charge in [-0.25, -0.2) is 19.1 Å². The van der Waals surface area contributed by atoms with Crippen molar-refractivity contribution in [2.75, 3.05) is 98.2 Å². The second-order valence-electron chi connectivity index (χ2n) is 33.6. The Bertz CT molecular complexity index is 3740. The van der Waals surface area contributed by atoms with Gasteiger partial charge in [-0.15, -0.1) is 10.2 Å². The molecule has 12 bridgehead atoms. The van der Waals surface area contributed by atoms with Crippen LogP contribution in [-0.4, -0.2) is 269 Å². The van der Waals surface area contributed by atoms with Crippen LogP contribution in [-0.2, 0) is 129 Å². The van der Waals surface area contributed by atoms with Crippen molar-refractivity contribution in [1.82, 2.24) is 36.0 Å². The minimum Gasteiger partial charge on any atom is -0.445 e. The van der Waals surface area contributed by atoms with Crippen molar-refractivity contribution in [3.8, 4) is 0 Å². The summed E-state index contributed by atoms with van der Waals surface area (Å²) >= 11 is 0. The zero-order valence-corrected chi connectivity index (χ0v) is 69.1. The van der Waals surface area contributed by atoms with Crippen molar-refractivity contribution in [3.63, 3.8) is 0 Å². The molecule has 11 aliphatic rings. The van der Waals surface area contributed by atoms with Crippen LogP contribution in [0.2, 0.25) is 0 Å². The summed E-state index contributed by atoms with van der Waals surface area (Å²) in [5.41, 5.74) is 8.99. The van der Waals surface area contributed by atoms with Crippen LogP contribution in [0.3, 0.4) is 0 Å². The fraction of sp³-hybridized carbons (Fsp3) is 0.750. The van der Waals surface area contributed by atoms with Gasteiger partial charge in [0.2, 0.25) is 11.8 Å². The number of hydrogen-bond acceptors (Lipinski definition) is 28. The van der Waals surface area contributed by atoms with Gasteiger partial charge in [0.25, 0.3) is 11.8 Å².